The Morgan fingerprint density at radius 1 is 1.20 bits per heavy atom. The van der Waals surface area contributed by atoms with Gasteiger partial charge in [-0.3, -0.25) is 0 Å². The molecule has 0 amide bonds. The summed E-state index contributed by atoms with van der Waals surface area (Å²) in [5, 5.41) is 0. The van der Waals surface area contributed by atoms with Gasteiger partial charge in [0.1, 0.15) is 0 Å². The average Bonchev–Trinajstić information content (AvgIpc) is 2.83. The first-order valence-corrected chi connectivity index (χ1v) is 8.79. The molecule has 4 rings (SSSR count). The van der Waals surface area contributed by atoms with E-state index in [9.17, 15) is 0 Å². The van der Waals surface area contributed by atoms with Crippen LogP contribution in [0.1, 0.15) is 65.2 Å². The highest BCUT2D eigenvalue weighted by molar-refractivity contribution is 5.33. The Morgan fingerprint density at radius 3 is 2.90 bits per heavy atom. The first-order valence-electron chi connectivity index (χ1n) is 8.79. The van der Waals surface area contributed by atoms with Crippen molar-refractivity contribution in [2.45, 2.75) is 65.2 Å². The summed E-state index contributed by atoms with van der Waals surface area (Å²) in [5.41, 5.74) is 6.03. The lowest BCUT2D eigenvalue weighted by Gasteiger charge is -2.51. The molecule has 0 radical (unpaired) electrons. The van der Waals surface area contributed by atoms with Crippen LogP contribution in [0.25, 0.3) is 0 Å². The lowest BCUT2D eigenvalue weighted by atomic mass is 9.53. The molecule has 0 aliphatic heterocycles. The first-order chi connectivity index (χ1) is 9.74. The van der Waals surface area contributed by atoms with Crippen LogP contribution in [0.5, 0.6) is 0 Å². The average molecular weight is 268 g/mol. The minimum Gasteiger partial charge on any atom is -0.0845 e. The summed E-state index contributed by atoms with van der Waals surface area (Å²) in [6.07, 6.45) is 18.4. The van der Waals surface area contributed by atoms with E-state index in [2.05, 4.69) is 32.1 Å². The van der Waals surface area contributed by atoms with Crippen LogP contribution in [0.3, 0.4) is 0 Å². The fourth-order valence-electron chi connectivity index (χ4n) is 6.06. The number of hydrogen-bond acceptors (Lipinski definition) is 0. The van der Waals surface area contributed by atoms with Gasteiger partial charge < -0.3 is 0 Å². The first kappa shape index (κ1) is 12.9. The molecule has 0 spiro atoms. The molecule has 1 saturated carbocycles. The molecule has 0 saturated heterocycles. The van der Waals surface area contributed by atoms with Gasteiger partial charge in [0.05, 0.1) is 0 Å². The predicted octanol–water partition coefficient (Wildman–Crippen LogP) is 5.82. The second-order valence-electron chi connectivity index (χ2n) is 7.70. The number of hydrogen-bond donors (Lipinski definition) is 0. The van der Waals surface area contributed by atoms with E-state index in [4.69, 9.17) is 0 Å². The van der Waals surface area contributed by atoms with Gasteiger partial charge in [-0.2, -0.15) is 0 Å². The van der Waals surface area contributed by atoms with Crippen molar-refractivity contribution in [2.24, 2.45) is 23.2 Å². The van der Waals surface area contributed by atoms with Crippen molar-refractivity contribution in [3.05, 3.63) is 34.9 Å². The summed E-state index contributed by atoms with van der Waals surface area (Å²) >= 11 is 0. The molecule has 0 N–H and O–H groups in total. The minimum absolute atomic E-state index is 0.554. The zero-order chi connectivity index (χ0) is 13.7. The molecule has 0 aromatic rings. The quantitative estimate of drug-likeness (QED) is 0.526. The summed E-state index contributed by atoms with van der Waals surface area (Å²) in [7, 11) is 0. The second kappa shape index (κ2) is 4.61. The Bertz CT molecular complexity index is 504. The van der Waals surface area contributed by atoms with Crippen molar-refractivity contribution < 1.29 is 0 Å². The molecule has 20 heavy (non-hydrogen) atoms. The van der Waals surface area contributed by atoms with E-state index in [-0.39, 0.29) is 0 Å². The summed E-state index contributed by atoms with van der Waals surface area (Å²) < 4.78 is 0. The van der Waals surface area contributed by atoms with Gasteiger partial charge in [0.25, 0.3) is 0 Å². The highest BCUT2D eigenvalue weighted by Crippen LogP contribution is 2.61. The van der Waals surface area contributed by atoms with Gasteiger partial charge in [-0.1, -0.05) is 48.8 Å². The summed E-state index contributed by atoms with van der Waals surface area (Å²) in [6, 6.07) is 0. The molecule has 0 heterocycles. The summed E-state index contributed by atoms with van der Waals surface area (Å²) in [5.74, 6) is 2.88. The van der Waals surface area contributed by atoms with Gasteiger partial charge in [0, 0.05) is 0 Å². The van der Waals surface area contributed by atoms with Crippen LogP contribution in [0.15, 0.2) is 34.9 Å². The zero-order valence-electron chi connectivity index (χ0n) is 13.1. The van der Waals surface area contributed by atoms with E-state index in [0.717, 1.165) is 17.8 Å². The second-order valence-corrected chi connectivity index (χ2v) is 7.70. The van der Waals surface area contributed by atoms with E-state index >= 15 is 0 Å². The maximum atomic E-state index is 2.61. The fraction of sp³-hybridized carbons (Fsp3) is 0.700. The van der Waals surface area contributed by atoms with Gasteiger partial charge in [-0.05, 0) is 74.5 Å². The molecule has 1 fully saturated rings. The smallest absolute Gasteiger partial charge is 0.00822 e. The van der Waals surface area contributed by atoms with Crippen molar-refractivity contribution in [3.63, 3.8) is 0 Å². The van der Waals surface area contributed by atoms with Crippen LogP contribution in [-0.4, -0.2) is 0 Å². The molecule has 4 aliphatic rings. The van der Waals surface area contributed by atoms with Crippen LogP contribution in [0.2, 0.25) is 0 Å². The van der Waals surface area contributed by atoms with E-state index < -0.39 is 0 Å². The largest absolute Gasteiger partial charge is 0.0845 e. The molecule has 108 valence electrons. The van der Waals surface area contributed by atoms with Crippen LogP contribution < -0.4 is 0 Å². The molecule has 0 aromatic heterocycles. The molecule has 0 heteroatoms. The summed E-state index contributed by atoms with van der Waals surface area (Å²) in [4.78, 5) is 0. The Balaban J connectivity index is 1.65. The normalized spacial score (nSPS) is 42.9. The fourth-order valence-corrected chi connectivity index (χ4v) is 6.06. The van der Waals surface area contributed by atoms with Crippen LogP contribution >= 0.6 is 0 Å². The Kier molecular flexibility index (Phi) is 2.98. The lowest BCUT2D eigenvalue weighted by molar-refractivity contribution is 0.0553. The van der Waals surface area contributed by atoms with Crippen LogP contribution in [0, 0.1) is 23.2 Å². The molecule has 4 aliphatic carbocycles. The van der Waals surface area contributed by atoms with Gasteiger partial charge in [-0.15, -0.1) is 0 Å². The maximum absolute atomic E-state index is 2.61. The van der Waals surface area contributed by atoms with Crippen molar-refractivity contribution in [3.8, 4) is 0 Å². The Hall–Kier alpha value is -0.780. The third-order valence-corrected chi connectivity index (χ3v) is 7.11. The Labute approximate surface area is 124 Å². The third kappa shape index (κ3) is 1.66. The highest BCUT2D eigenvalue weighted by atomic mass is 14.6. The van der Waals surface area contributed by atoms with Crippen molar-refractivity contribution in [1.82, 2.24) is 0 Å². The molecular weight excluding hydrogens is 240 g/mol. The molecule has 0 unspecified atom stereocenters. The van der Waals surface area contributed by atoms with Crippen molar-refractivity contribution in [1.29, 1.82) is 0 Å². The van der Waals surface area contributed by atoms with Crippen molar-refractivity contribution >= 4 is 0 Å². The highest BCUT2D eigenvalue weighted by Gasteiger charge is 2.51. The zero-order valence-corrected chi connectivity index (χ0v) is 13.1. The Morgan fingerprint density at radius 2 is 2.05 bits per heavy atom. The number of rotatable bonds is 1. The molecule has 0 nitrogen and oxygen atoms in total. The van der Waals surface area contributed by atoms with E-state index in [1.807, 2.05) is 11.1 Å². The van der Waals surface area contributed by atoms with Crippen molar-refractivity contribution in [2.75, 3.05) is 0 Å². The van der Waals surface area contributed by atoms with E-state index in [1.165, 1.54) is 51.4 Å². The van der Waals surface area contributed by atoms with Gasteiger partial charge in [-0.25, -0.2) is 0 Å². The monoisotopic (exact) mass is 268 g/mol. The van der Waals surface area contributed by atoms with Crippen LogP contribution in [0.4, 0.5) is 0 Å². The van der Waals surface area contributed by atoms with E-state index in [1.54, 1.807) is 5.57 Å². The molecule has 0 bridgehead atoms. The van der Waals surface area contributed by atoms with Gasteiger partial charge >= 0.3 is 0 Å². The standard InChI is InChI=1S/C20H28/c1-3-15-9-11-19-18-10-8-14-6-4-5-7-16(14)17(18)12-13-20(15,19)2/h4-5,9,17-19H,3,6-8,10-13H2,1-2H3/t17-,18-,19+,20-/m1/s1. The SMILES string of the molecule is CCC1=CC[C@H]2[C@@H]3CCC4=C(CC=CC4)[C@H]3CC[C@]12C. The van der Waals surface area contributed by atoms with Crippen LogP contribution in [-0.2, 0) is 0 Å². The molecule has 4 atom stereocenters. The molecule has 0 aromatic carbocycles. The summed E-state index contributed by atoms with van der Waals surface area (Å²) in [6.45, 7) is 4.94. The van der Waals surface area contributed by atoms with Gasteiger partial charge in [0.15, 0.2) is 0 Å². The topological polar surface area (TPSA) is 0 Å². The number of fused-ring (bicyclic) bond motifs is 4. The lowest BCUT2D eigenvalue weighted by Crippen LogP contribution is -2.42. The third-order valence-electron chi connectivity index (χ3n) is 7.11. The predicted molar refractivity (Wildman–Crippen MR) is 85.4 cm³/mol. The maximum Gasteiger partial charge on any atom is -0.00822 e. The van der Waals surface area contributed by atoms with Gasteiger partial charge in [0.2, 0.25) is 0 Å². The number of allylic oxidation sites excluding steroid dienone is 6. The minimum atomic E-state index is 0.554. The molecular formula is C20H28. The van der Waals surface area contributed by atoms with E-state index in [0.29, 0.717) is 5.41 Å².